The molecule has 0 fully saturated rings. The highest BCUT2D eigenvalue weighted by atomic mass is 16.5. The molecule has 0 N–H and O–H groups in total. The van der Waals surface area contributed by atoms with Gasteiger partial charge in [-0.2, -0.15) is 0 Å². The molecule has 2 aromatic carbocycles. The van der Waals surface area contributed by atoms with Crippen LogP contribution in [0.15, 0.2) is 42.5 Å². The van der Waals surface area contributed by atoms with Crippen molar-refractivity contribution in [3.05, 3.63) is 59.2 Å². The van der Waals surface area contributed by atoms with Crippen LogP contribution in [-0.4, -0.2) is 33.3 Å². The summed E-state index contributed by atoms with van der Waals surface area (Å²) >= 11 is 0. The van der Waals surface area contributed by atoms with Gasteiger partial charge in [0.2, 0.25) is 0 Å². The van der Waals surface area contributed by atoms with E-state index in [-0.39, 0.29) is 6.61 Å². The Morgan fingerprint density at radius 3 is 2.00 bits per heavy atom. The van der Waals surface area contributed by atoms with E-state index in [9.17, 15) is 9.59 Å². The fraction of sp³-hybridized carbons (Fsp3) is 0.222. The molecule has 0 aliphatic heterocycles. The molecule has 24 heavy (non-hydrogen) atoms. The monoisotopic (exact) mass is 330 g/mol. The minimum atomic E-state index is -0.479. The number of carbonyl (C=O) groups excluding carboxylic acids is 2. The van der Waals surface area contributed by atoms with Crippen molar-refractivity contribution in [2.45, 2.75) is 6.61 Å². The van der Waals surface area contributed by atoms with Gasteiger partial charge in [-0.1, -0.05) is 12.1 Å². The molecule has 0 spiro atoms. The van der Waals surface area contributed by atoms with Gasteiger partial charge in [-0.3, -0.25) is 0 Å². The minimum Gasteiger partial charge on any atom is -0.493 e. The molecule has 6 heteroatoms. The van der Waals surface area contributed by atoms with Gasteiger partial charge in [0.15, 0.2) is 11.5 Å². The molecule has 0 heterocycles. The van der Waals surface area contributed by atoms with Crippen molar-refractivity contribution in [3.63, 3.8) is 0 Å². The van der Waals surface area contributed by atoms with Crippen LogP contribution in [-0.2, 0) is 16.1 Å². The smallest absolute Gasteiger partial charge is 0.338 e. The molecule has 6 nitrogen and oxygen atoms in total. The van der Waals surface area contributed by atoms with Crippen LogP contribution in [0.1, 0.15) is 26.3 Å². The second-order valence-electron chi connectivity index (χ2n) is 4.83. The Morgan fingerprint density at radius 2 is 1.42 bits per heavy atom. The second-order valence-corrected chi connectivity index (χ2v) is 4.83. The maximum atomic E-state index is 12.1. The third-order valence-corrected chi connectivity index (χ3v) is 3.36. The molecule has 0 aliphatic carbocycles. The lowest BCUT2D eigenvalue weighted by Crippen LogP contribution is -2.06. The third kappa shape index (κ3) is 4.04. The van der Waals surface area contributed by atoms with E-state index in [1.807, 2.05) is 0 Å². The molecule has 0 atom stereocenters. The number of ether oxygens (including phenoxy) is 4. The van der Waals surface area contributed by atoms with Gasteiger partial charge in [-0.25, -0.2) is 9.59 Å². The van der Waals surface area contributed by atoms with E-state index >= 15 is 0 Å². The molecule has 2 rings (SSSR count). The van der Waals surface area contributed by atoms with Crippen molar-refractivity contribution in [2.24, 2.45) is 0 Å². The van der Waals surface area contributed by atoms with Crippen LogP contribution >= 0.6 is 0 Å². The Hall–Kier alpha value is -3.02. The van der Waals surface area contributed by atoms with Gasteiger partial charge in [0, 0.05) is 0 Å². The predicted molar refractivity (Wildman–Crippen MR) is 86.4 cm³/mol. The van der Waals surface area contributed by atoms with E-state index in [0.29, 0.717) is 22.6 Å². The Balaban J connectivity index is 2.01. The molecule has 126 valence electrons. The van der Waals surface area contributed by atoms with E-state index in [1.54, 1.807) is 42.5 Å². The van der Waals surface area contributed by atoms with E-state index in [4.69, 9.17) is 14.2 Å². The van der Waals surface area contributed by atoms with Crippen molar-refractivity contribution in [1.82, 2.24) is 0 Å². The van der Waals surface area contributed by atoms with Crippen LogP contribution in [0.2, 0.25) is 0 Å². The number of hydrogen-bond acceptors (Lipinski definition) is 6. The molecular weight excluding hydrogens is 312 g/mol. The normalized spacial score (nSPS) is 9.96. The summed E-state index contributed by atoms with van der Waals surface area (Å²) in [6, 6.07) is 11.4. The largest absolute Gasteiger partial charge is 0.493 e. The fourth-order valence-corrected chi connectivity index (χ4v) is 2.05. The van der Waals surface area contributed by atoms with Crippen molar-refractivity contribution in [1.29, 1.82) is 0 Å². The van der Waals surface area contributed by atoms with Gasteiger partial charge in [0.1, 0.15) is 6.61 Å². The van der Waals surface area contributed by atoms with Crippen molar-refractivity contribution in [2.75, 3.05) is 21.3 Å². The van der Waals surface area contributed by atoms with E-state index < -0.39 is 11.9 Å². The van der Waals surface area contributed by atoms with Gasteiger partial charge in [0.25, 0.3) is 0 Å². The van der Waals surface area contributed by atoms with Crippen molar-refractivity contribution in [3.8, 4) is 11.5 Å². The molecule has 0 saturated carbocycles. The maximum absolute atomic E-state index is 12.1. The standard InChI is InChI=1S/C18H18O6/c1-21-15-9-8-14(10-16(15)22-2)18(20)24-11-12-4-6-13(7-5-12)17(19)23-3/h4-10H,11H2,1-3H3. The summed E-state index contributed by atoms with van der Waals surface area (Å²) in [5.74, 6) is 0.0960. The Morgan fingerprint density at radius 1 is 0.792 bits per heavy atom. The summed E-state index contributed by atoms with van der Waals surface area (Å²) in [6.07, 6.45) is 0. The molecular formula is C18H18O6. The van der Waals surface area contributed by atoms with E-state index in [2.05, 4.69) is 4.74 Å². The number of esters is 2. The lowest BCUT2D eigenvalue weighted by atomic mass is 10.1. The molecule has 0 aromatic heterocycles. The summed E-state index contributed by atoms with van der Waals surface area (Å²) in [5, 5.41) is 0. The predicted octanol–water partition coefficient (Wildman–Crippen LogP) is 2.85. The summed E-state index contributed by atoms with van der Waals surface area (Å²) in [5.41, 5.74) is 1.56. The van der Waals surface area contributed by atoms with Crippen molar-refractivity contribution < 1.29 is 28.5 Å². The highest BCUT2D eigenvalue weighted by molar-refractivity contribution is 5.90. The molecule has 0 bridgehead atoms. The number of methoxy groups -OCH3 is 3. The van der Waals surface area contributed by atoms with Gasteiger partial charge >= 0.3 is 11.9 Å². The zero-order valence-corrected chi connectivity index (χ0v) is 13.7. The third-order valence-electron chi connectivity index (χ3n) is 3.36. The quantitative estimate of drug-likeness (QED) is 0.759. The summed E-state index contributed by atoms with van der Waals surface area (Å²) in [4.78, 5) is 23.5. The lowest BCUT2D eigenvalue weighted by molar-refractivity contribution is 0.0471. The van der Waals surface area contributed by atoms with Crippen LogP contribution in [0.4, 0.5) is 0 Å². The molecule has 0 unspecified atom stereocenters. The zero-order valence-electron chi connectivity index (χ0n) is 13.7. The molecule has 0 amide bonds. The van der Waals surface area contributed by atoms with Crippen LogP contribution in [0.5, 0.6) is 11.5 Å². The Kier molecular flexibility index (Phi) is 5.78. The van der Waals surface area contributed by atoms with Gasteiger partial charge < -0.3 is 18.9 Å². The van der Waals surface area contributed by atoms with Crippen molar-refractivity contribution >= 4 is 11.9 Å². The minimum absolute atomic E-state index is 0.0919. The summed E-state index contributed by atoms with van der Waals surface area (Å²) in [7, 11) is 4.34. The Labute approximate surface area is 139 Å². The zero-order chi connectivity index (χ0) is 17.5. The topological polar surface area (TPSA) is 71.1 Å². The molecule has 2 aromatic rings. The molecule has 0 aliphatic rings. The SMILES string of the molecule is COC(=O)c1ccc(COC(=O)c2ccc(OC)c(OC)c2)cc1. The van der Waals surface area contributed by atoms with Gasteiger partial charge in [-0.05, 0) is 35.9 Å². The average molecular weight is 330 g/mol. The first kappa shape index (κ1) is 17.3. The summed E-state index contributed by atoms with van der Waals surface area (Å²) in [6.45, 7) is 0.0919. The first-order valence-corrected chi connectivity index (χ1v) is 7.15. The van der Waals surface area contributed by atoms with Gasteiger partial charge in [-0.15, -0.1) is 0 Å². The fourth-order valence-electron chi connectivity index (χ4n) is 2.05. The first-order valence-electron chi connectivity index (χ1n) is 7.15. The molecule has 0 radical (unpaired) electrons. The van der Waals surface area contributed by atoms with E-state index in [0.717, 1.165) is 5.56 Å². The van der Waals surface area contributed by atoms with Gasteiger partial charge in [0.05, 0.1) is 32.5 Å². The van der Waals surface area contributed by atoms with Crippen LogP contribution < -0.4 is 9.47 Å². The Bertz CT molecular complexity index is 721. The number of carbonyl (C=O) groups is 2. The number of hydrogen-bond donors (Lipinski definition) is 0. The highest BCUT2D eigenvalue weighted by Gasteiger charge is 2.12. The van der Waals surface area contributed by atoms with E-state index in [1.165, 1.54) is 21.3 Å². The first-order chi connectivity index (χ1) is 11.6. The highest BCUT2D eigenvalue weighted by Crippen LogP contribution is 2.27. The number of benzene rings is 2. The molecule has 0 saturated heterocycles. The second kappa shape index (κ2) is 8.01. The summed E-state index contributed by atoms with van der Waals surface area (Å²) < 4.78 is 20.2. The lowest BCUT2D eigenvalue weighted by Gasteiger charge is -2.10. The van der Waals surface area contributed by atoms with Crippen LogP contribution in [0.3, 0.4) is 0 Å². The van der Waals surface area contributed by atoms with Crippen LogP contribution in [0, 0.1) is 0 Å². The maximum Gasteiger partial charge on any atom is 0.338 e. The number of rotatable bonds is 6. The van der Waals surface area contributed by atoms with Crippen LogP contribution in [0.25, 0.3) is 0 Å². The average Bonchev–Trinajstić information content (AvgIpc) is 2.65.